The number of halogens is 2. The minimum absolute atomic E-state index is 0.0619. The van der Waals surface area contributed by atoms with Crippen LogP contribution in [-0.4, -0.2) is 7.05 Å². The second kappa shape index (κ2) is 5.17. The van der Waals surface area contributed by atoms with E-state index in [4.69, 9.17) is 11.6 Å². The number of aryl methyl sites for hydroxylation is 1. The van der Waals surface area contributed by atoms with Gasteiger partial charge in [0.2, 0.25) is 0 Å². The minimum Gasteiger partial charge on any atom is -0.309 e. The summed E-state index contributed by atoms with van der Waals surface area (Å²) in [6, 6.07) is 9.06. The van der Waals surface area contributed by atoms with Crippen molar-refractivity contribution in [1.82, 2.24) is 5.32 Å². The fourth-order valence-corrected chi connectivity index (χ4v) is 2.98. The molecule has 2 aromatic rings. The van der Waals surface area contributed by atoms with Crippen LogP contribution >= 0.6 is 22.9 Å². The van der Waals surface area contributed by atoms with E-state index in [-0.39, 0.29) is 16.9 Å². The van der Waals surface area contributed by atoms with Crippen LogP contribution < -0.4 is 5.32 Å². The lowest BCUT2D eigenvalue weighted by molar-refractivity contribution is 0.624. The van der Waals surface area contributed by atoms with Gasteiger partial charge in [-0.05, 0) is 43.8 Å². The van der Waals surface area contributed by atoms with E-state index in [0.29, 0.717) is 0 Å². The zero-order valence-corrected chi connectivity index (χ0v) is 11.2. The smallest absolute Gasteiger partial charge is 0.141 e. The molecular weight excluding hydrogens is 257 g/mol. The Morgan fingerprint density at radius 2 is 2.06 bits per heavy atom. The lowest BCUT2D eigenvalue weighted by Gasteiger charge is -2.15. The van der Waals surface area contributed by atoms with E-state index in [1.54, 1.807) is 23.5 Å². The molecule has 1 nitrogen and oxygen atoms in total. The van der Waals surface area contributed by atoms with E-state index in [1.165, 1.54) is 15.8 Å². The molecule has 1 heterocycles. The normalized spacial score (nSPS) is 12.7. The van der Waals surface area contributed by atoms with Crippen LogP contribution in [0.2, 0.25) is 5.02 Å². The first-order valence-electron chi connectivity index (χ1n) is 5.30. The van der Waals surface area contributed by atoms with E-state index in [1.807, 2.05) is 7.05 Å². The van der Waals surface area contributed by atoms with Gasteiger partial charge in [-0.2, -0.15) is 0 Å². The van der Waals surface area contributed by atoms with E-state index < -0.39 is 0 Å². The molecule has 90 valence electrons. The van der Waals surface area contributed by atoms with Gasteiger partial charge in [0.05, 0.1) is 11.1 Å². The molecule has 0 radical (unpaired) electrons. The predicted molar refractivity (Wildman–Crippen MR) is 71.4 cm³/mol. The Hall–Kier alpha value is -0.900. The maximum absolute atomic E-state index is 13.1. The van der Waals surface area contributed by atoms with Gasteiger partial charge in [-0.1, -0.05) is 17.7 Å². The third kappa shape index (κ3) is 2.68. The minimum atomic E-state index is -0.382. The van der Waals surface area contributed by atoms with Gasteiger partial charge in [-0.3, -0.25) is 0 Å². The van der Waals surface area contributed by atoms with Crippen molar-refractivity contribution < 1.29 is 4.39 Å². The van der Waals surface area contributed by atoms with Crippen molar-refractivity contribution in [2.75, 3.05) is 7.05 Å². The molecule has 1 N–H and O–H groups in total. The van der Waals surface area contributed by atoms with Gasteiger partial charge in [-0.25, -0.2) is 4.39 Å². The molecule has 1 atom stereocenters. The van der Waals surface area contributed by atoms with Crippen LogP contribution in [0.15, 0.2) is 30.3 Å². The zero-order valence-electron chi connectivity index (χ0n) is 9.63. The van der Waals surface area contributed by atoms with Crippen molar-refractivity contribution in [3.8, 4) is 0 Å². The molecule has 17 heavy (non-hydrogen) atoms. The Morgan fingerprint density at radius 3 is 2.59 bits per heavy atom. The lowest BCUT2D eigenvalue weighted by atomic mass is 10.1. The highest BCUT2D eigenvalue weighted by Gasteiger charge is 2.15. The van der Waals surface area contributed by atoms with Crippen molar-refractivity contribution in [2.24, 2.45) is 0 Å². The van der Waals surface area contributed by atoms with Crippen LogP contribution in [0.5, 0.6) is 0 Å². The molecule has 1 unspecified atom stereocenters. The standard InChI is InChI=1S/C13H13ClFNS/c1-8-3-6-12(17-8)13(16-2)9-4-5-11(15)10(14)7-9/h3-7,13,16H,1-2H3. The molecule has 0 saturated heterocycles. The summed E-state index contributed by atoms with van der Waals surface area (Å²) in [5.41, 5.74) is 0.973. The van der Waals surface area contributed by atoms with Gasteiger partial charge in [0, 0.05) is 9.75 Å². The number of hydrogen-bond acceptors (Lipinski definition) is 2. The highest BCUT2D eigenvalue weighted by atomic mass is 35.5. The van der Waals surface area contributed by atoms with Crippen LogP contribution in [0.4, 0.5) is 4.39 Å². The number of hydrogen-bond donors (Lipinski definition) is 1. The van der Waals surface area contributed by atoms with E-state index in [9.17, 15) is 4.39 Å². The van der Waals surface area contributed by atoms with Crippen molar-refractivity contribution in [2.45, 2.75) is 13.0 Å². The average molecular weight is 270 g/mol. The van der Waals surface area contributed by atoms with Crippen molar-refractivity contribution >= 4 is 22.9 Å². The molecule has 0 spiro atoms. The van der Waals surface area contributed by atoms with Gasteiger partial charge < -0.3 is 5.32 Å². The lowest BCUT2D eigenvalue weighted by Crippen LogP contribution is -2.16. The molecule has 0 aliphatic carbocycles. The van der Waals surface area contributed by atoms with E-state index in [2.05, 4.69) is 24.4 Å². The average Bonchev–Trinajstić information content (AvgIpc) is 2.71. The molecule has 0 amide bonds. The molecule has 0 aliphatic heterocycles. The topological polar surface area (TPSA) is 12.0 Å². The van der Waals surface area contributed by atoms with Gasteiger partial charge in [0.25, 0.3) is 0 Å². The number of nitrogens with one attached hydrogen (secondary N) is 1. The predicted octanol–water partition coefficient (Wildman–Crippen LogP) is 4.16. The maximum atomic E-state index is 13.1. The summed E-state index contributed by atoms with van der Waals surface area (Å²) in [7, 11) is 1.89. The Morgan fingerprint density at radius 1 is 1.29 bits per heavy atom. The second-order valence-electron chi connectivity index (χ2n) is 3.84. The molecule has 0 fully saturated rings. The van der Waals surface area contributed by atoms with Crippen molar-refractivity contribution in [3.05, 3.63) is 56.5 Å². The molecular formula is C13H13ClFNS. The number of thiophene rings is 1. The summed E-state index contributed by atoms with van der Waals surface area (Å²) >= 11 is 7.53. The summed E-state index contributed by atoms with van der Waals surface area (Å²) in [4.78, 5) is 2.46. The summed E-state index contributed by atoms with van der Waals surface area (Å²) in [5, 5.41) is 3.39. The van der Waals surface area contributed by atoms with Gasteiger partial charge >= 0.3 is 0 Å². The van der Waals surface area contributed by atoms with Crippen LogP contribution in [-0.2, 0) is 0 Å². The molecule has 0 saturated carbocycles. The largest absolute Gasteiger partial charge is 0.309 e. The summed E-state index contributed by atoms with van der Waals surface area (Å²) in [6.07, 6.45) is 0. The highest BCUT2D eigenvalue weighted by Crippen LogP contribution is 2.29. The highest BCUT2D eigenvalue weighted by molar-refractivity contribution is 7.12. The summed E-state index contributed by atoms with van der Waals surface area (Å²) in [5.74, 6) is -0.382. The fraction of sp³-hybridized carbons (Fsp3) is 0.231. The summed E-state index contributed by atoms with van der Waals surface area (Å²) in [6.45, 7) is 2.07. The van der Waals surface area contributed by atoms with Crippen LogP contribution in [0, 0.1) is 12.7 Å². The molecule has 0 aliphatic rings. The number of benzene rings is 1. The van der Waals surface area contributed by atoms with E-state index >= 15 is 0 Å². The first kappa shape index (κ1) is 12.6. The molecule has 4 heteroatoms. The molecule has 0 bridgehead atoms. The fourth-order valence-electron chi connectivity index (χ4n) is 1.77. The molecule has 2 rings (SSSR count). The second-order valence-corrected chi connectivity index (χ2v) is 5.57. The van der Waals surface area contributed by atoms with Gasteiger partial charge in [0.15, 0.2) is 0 Å². The Labute approximate surface area is 109 Å². The molecule has 1 aromatic heterocycles. The maximum Gasteiger partial charge on any atom is 0.141 e. The first-order valence-corrected chi connectivity index (χ1v) is 6.50. The third-order valence-electron chi connectivity index (χ3n) is 2.61. The van der Waals surface area contributed by atoms with Gasteiger partial charge in [0.1, 0.15) is 5.82 Å². The number of rotatable bonds is 3. The Balaban J connectivity index is 2.38. The Bertz CT molecular complexity index is 524. The third-order valence-corrected chi connectivity index (χ3v) is 3.97. The first-order chi connectivity index (χ1) is 8.11. The Kier molecular flexibility index (Phi) is 3.82. The van der Waals surface area contributed by atoms with Gasteiger partial charge in [-0.15, -0.1) is 11.3 Å². The van der Waals surface area contributed by atoms with E-state index in [0.717, 1.165) is 5.56 Å². The van der Waals surface area contributed by atoms with Crippen LogP contribution in [0.3, 0.4) is 0 Å². The molecule has 1 aromatic carbocycles. The summed E-state index contributed by atoms with van der Waals surface area (Å²) < 4.78 is 13.1. The van der Waals surface area contributed by atoms with Crippen molar-refractivity contribution in [1.29, 1.82) is 0 Å². The monoisotopic (exact) mass is 269 g/mol. The SMILES string of the molecule is CNC(c1ccc(F)c(Cl)c1)c1ccc(C)s1. The zero-order chi connectivity index (χ0) is 12.4. The quantitative estimate of drug-likeness (QED) is 0.882. The van der Waals surface area contributed by atoms with Crippen LogP contribution in [0.1, 0.15) is 21.4 Å². The van der Waals surface area contributed by atoms with Crippen molar-refractivity contribution in [3.63, 3.8) is 0 Å². The van der Waals surface area contributed by atoms with Crippen LogP contribution in [0.25, 0.3) is 0 Å².